The van der Waals surface area contributed by atoms with Gasteiger partial charge in [-0.15, -0.1) is 0 Å². The summed E-state index contributed by atoms with van der Waals surface area (Å²) in [7, 11) is 0. The molecular formula is C27H22N2O. The highest BCUT2D eigenvalue weighted by atomic mass is 16.3. The lowest BCUT2D eigenvalue weighted by Crippen LogP contribution is -2.34. The number of nitrogens with one attached hydrogen (secondary N) is 1. The normalized spacial score (nSPS) is 15.9. The second kappa shape index (κ2) is 5.85. The summed E-state index contributed by atoms with van der Waals surface area (Å²) in [6, 6.07) is 19.2. The topological polar surface area (TPSA) is 40.2 Å². The largest absolute Gasteiger partial charge is 0.455 e. The smallest absolute Gasteiger partial charge is 0.142 e. The van der Waals surface area contributed by atoms with Crippen LogP contribution in [0.25, 0.3) is 43.5 Å². The Morgan fingerprint density at radius 3 is 2.33 bits per heavy atom. The lowest BCUT2D eigenvalue weighted by atomic mass is 9.87. The van der Waals surface area contributed by atoms with Crippen LogP contribution in [0.3, 0.4) is 0 Å². The van der Waals surface area contributed by atoms with Gasteiger partial charge < -0.3 is 14.7 Å². The predicted molar refractivity (Wildman–Crippen MR) is 123 cm³/mol. The summed E-state index contributed by atoms with van der Waals surface area (Å²) >= 11 is 0. The quantitative estimate of drug-likeness (QED) is 0.257. The van der Waals surface area contributed by atoms with Crippen molar-refractivity contribution in [1.29, 1.82) is 5.41 Å². The van der Waals surface area contributed by atoms with Gasteiger partial charge in [0.2, 0.25) is 0 Å². The van der Waals surface area contributed by atoms with Gasteiger partial charge in [-0.2, -0.15) is 0 Å². The minimum atomic E-state index is 0.531. The molecule has 0 amide bonds. The van der Waals surface area contributed by atoms with Gasteiger partial charge in [0, 0.05) is 40.3 Å². The zero-order valence-electron chi connectivity index (χ0n) is 16.8. The number of nitrogens with zero attached hydrogens (tertiary/aromatic N) is 1. The minimum absolute atomic E-state index is 0.531. The third kappa shape index (κ3) is 2.18. The first kappa shape index (κ1) is 16.5. The van der Waals surface area contributed by atoms with Crippen LogP contribution < -0.4 is 10.3 Å². The summed E-state index contributed by atoms with van der Waals surface area (Å²) in [5.74, 6) is 0. The molecule has 0 fully saturated rings. The van der Waals surface area contributed by atoms with Crippen molar-refractivity contribution in [2.24, 2.45) is 0 Å². The molecular weight excluding hydrogens is 368 g/mol. The van der Waals surface area contributed by atoms with E-state index < -0.39 is 0 Å². The summed E-state index contributed by atoms with van der Waals surface area (Å²) in [4.78, 5) is 2.60. The fraction of sp³-hybridized carbons (Fsp3) is 0.222. The molecule has 0 radical (unpaired) electrons. The van der Waals surface area contributed by atoms with Crippen molar-refractivity contribution in [3.05, 3.63) is 71.1 Å². The number of rotatable bonds is 0. The first-order valence-electron chi connectivity index (χ1n) is 10.9. The number of benzene rings is 4. The first-order chi connectivity index (χ1) is 14.8. The molecule has 0 saturated heterocycles. The zero-order valence-corrected chi connectivity index (χ0v) is 16.8. The maximum atomic E-state index is 7.94. The first-order valence-corrected chi connectivity index (χ1v) is 10.9. The van der Waals surface area contributed by atoms with Crippen molar-refractivity contribution in [3.63, 3.8) is 0 Å². The van der Waals surface area contributed by atoms with Crippen LogP contribution in [-0.4, -0.2) is 13.1 Å². The molecule has 0 unspecified atom stereocenters. The van der Waals surface area contributed by atoms with E-state index in [0.717, 1.165) is 45.6 Å². The molecule has 3 nitrogen and oxygen atoms in total. The van der Waals surface area contributed by atoms with Gasteiger partial charge in [0.15, 0.2) is 0 Å². The van der Waals surface area contributed by atoms with E-state index in [1.165, 1.54) is 53.5 Å². The van der Waals surface area contributed by atoms with Crippen molar-refractivity contribution in [3.8, 4) is 0 Å². The number of fused-ring (bicyclic) bond motifs is 7. The molecule has 1 N–H and O–H groups in total. The van der Waals surface area contributed by atoms with Crippen molar-refractivity contribution < 1.29 is 4.42 Å². The molecule has 3 heteroatoms. The SMILES string of the molecule is N=c1ccc2c(ccc3cc4ccc5c6c7c(cc5c4oc32)CCCN7CCC6)c1. The Labute approximate surface area is 174 Å². The van der Waals surface area contributed by atoms with E-state index in [1.807, 2.05) is 18.2 Å². The van der Waals surface area contributed by atoms with Crippen LogP contribution in [0.4, 0.5) is 5.69 Å². The molecule has 2 aliphatic heterocycles. The van der Waals surface area contributed by atoms with Crippen molar-refractivity contribution in [2.45, 2.75) is 25.7 Å². The summed E-state index contributed by atoms with van der Waals surface area (Å²) in [5.41, 5.74) is 6.42. The van der Waals surface area contributed by atoms with Crippen molar-refractivity contribution in [1.82, 2.24) is 0 Å². The van der Waals surface area contributed by atoms with Gasteiger partial charge in [0.25, 0.3) is 0 Å². The molecule has 1 aromatic heterocycles. The standard InChI is InChI=1S/C27H22N2O/c28-20-8-10-21-16(14-20)5-6-18-13-19-7-9-22-23-4-2-12-29-11-1-3-17(25(23)29)15-24(22)27(19)30-26(18)21/h5-10,13-15,28H,1-4,11-12H2. The number of anilines is 1. The Morgan fingerprint density at radius 2 is 1.43 bits per heavy atom. The van der Waals surface area contributed by atoms with Crippen molar-refractivity contribution >= 4 is 49.2 Å². The van der Waals surface area contributed by atoms with Crippen LogP contribution >= 0.6 is 0 Å². The third-order valence-electron chi connectivity index (χ3n) is 7.02. The molecule has 0 bridgehead atoms. The van der Waals surface area contributed by atoms with Crippen LogP contribution in [0, 0.1) is 5.41 Å². The summed E-state index contributed by atoms with van der Waals surface area (Å²) in [6.07, 6.45) is 4.79. The van der Waals surface area contributed by atoms with E-state index in [0.29, 0.717) is 5.36 Å². The van der Waals surface area contributed by atoms with E-state index in [1.54, 1.807) is 0 Å². The van der Waals surface area contributed by atoms with Gasteiger partial charge in [-0.3, -0.25) is 0 Å². The molecule has 5 aromatic rings. The second-order valence-electron chi connectivity index (χ2n) is 8.80. The fourth-order valence-corrected chi connectivity index (χ4v) is 5.71. The molecule has 7 rings (SSSR count). The highest BCUT2D eigenvalue weighted by Crippen LogP contribution is 2.42. The Hall–Kier alpha value is -3.33. The van der Waals surface area contributed by atoms with Crippen LogP contribution in [0.1, 0.15) is 24.0 Å². The van der Waals surface area contributed by atoms with Gasteiger partial charge in [0.05, 0.1) is 5.36 Å². The van der Waals surface area contributed by atoms with E-state index in [2.05, 4.69) is 41.3 Å². The molecule has 0 aliphatic carbocycles. The summed E-state index contributed by atoms with van der Waals surface area (Å²) < 4.78 is 6.67. The highest BCUT2D eigenvalue weighted by molar-refractivity contribution is 6.12. The predicted octanol–water partition coefficient (Wildman–Crippen LogP) is 6.07. The molecule has 30 heavy (non-hydrogen) atoms. The van der Waals surface area contributed by atoms with Crippen LogP contribution in [0.5, 0.6) is 0 Å². The van der Waals surface area contributed by atoms with Gasteiger partial charge in [-0.25, -0.2) is 0 Å². The van der Waals surface area contributed by atoms with Crippen molar-refractivity contribution in [2.75, 3.05) is 18.0 Å². The van der Waals surface area contributed by atoms with Crippen LogP contribution in [-0.2, 0) is 12.8 Å². The number of aryl methyl sites for hydroxylation is 2. The monoisotopic (exact) mass is 390 g/mol. The van der Waals surface area contributed by atoms with Gasteiger partial charge in [-0.05, 0) is 77.9 Å². The van der Waals surface area contributed by atoms with E-state index in [9.17, 15) is 0 Å². The lowest BCUT2D eigenvalue weighted by molar-refractivity contribution is 0.636. The fourth-order valence-electron chi connectivity index (χ4n) is 5.71. The number of hydrogen-bond donors (Lipinski definition) is 1. The minimum Gasteiger partial charge on any atom is -0.455 e. The van der Waals surface area contributed by atoms with Gasteiger partial charge in [0.1, 0.15) is 11.2 Å². The van der Waals surface area contributed by atoms with Crippen LogP contribution in [0.2, 0.25) is 0 Å². The molecule has 4 aromatic carbocycles. The van der Waals surface area contributed by atoms with E-state index >= 15 is 0 Å². The Kier molecular flexibility index (Phi) is 3.21. The molecule has 3 heterocycles. The molecule has 0 spiro atoms. The summed E-state index contributed by atoms with van der Waals surface area (Å²) in [6.45, 7) is 2.39. The Bertz CT molecular complexity index is 1580. The van der Waals surface area contributed by atoms with E-state index in [-0.39, 0.29) is 0 Å². The van der Waals surface area contributed by atoms with E-state index in [4.69, 9.17) is 9.83 Å². The van der Waals surface area contributed by atoms with Crippen LogP contribution in [0.15, 0.2) is 59.0 Å². The third-order valence-corrected chi connectivity index (χ3v) is 7.02. The maximum absolute atomic E-state index is 7.94. The Balaban J connectivity index is 1.63. The second-order valence-corrected chi connectivity index (χ2v) is 8.80. The zero-order chi connectivity index (χ0) is 19.8. The maximum Gasteiger partial charge on any atom is 0.142 e. The molecule has 0 saturated carbocycles. The summed E-state index contributed by atoms with van der Waals surface area (Å²) in [5, 5.41) is 15.5. The Morgan fingerprint density at radius 1 is 0.700 bits per heavy atom. The molecule has 146 valence electrons. The highest BCUT2D eigenvalue weighted by Gasteiger charge is 2.26. The molecule has 0 atom stereocenters. The number of hydrogen-bond acceptors (Lipinski definition) is 3. The lowest BCUT2D eigenvalue weighted by Gasteiger charge is -2.37. The van der Waals surface area contributed by atoms with Gasteiger partial charge in [-0.1, -0.05) is 24.3 Å². The molecule has 2 aliphatic rings. The average Bonchev–Trinajstić information content (AvgIpc) is 2.78. The average molecular weight is 390 g/mol. The van der Waals surface area contributed by atoms with Gasteiger partial charge >= 0.3 is 0 Å².